The zero-order valence-electron chi connectivity index (χ0n) is 13.6. The van der Waals surface area contributed by atoms with Crippen molar-refractivity contribution in [3.05, 3.63) is 23.9 Å². The van der Waals surface area contributed by atoms with Crippen LogP contribution < -0.4 is 15.5 Å². The number of hydrogen-bond donors (Lipinski definition) is 3. The van der Waals surface area contributed by atoms with Crippen LogP contribution in [0.2, 0.25) is 0 Å². The molecule has 2 amide bonds. The van der Waals surface area contributed by atoms with Gasteiger partial charge in [-0.15, -0.1) is 0 Å². The molecular formula is C15H23F2N5O2. The van der Waals surface area contributed by atoms with Crippen LogP contribution >= 0.6 is 0 Å². The standard InChI is InChI=1S/C15H23F2N5O2/c1-21-5-7-22(8-6-21)13-12(3-2-4-18-13)9-19-14(24)20-10-15(16,17)11-23/h2-4,23H,5-11H2,1H3,(H2,19,20,24). The Bertz CT molecular complexity index is 550. The third-order valence-electron chi connectivity index (χ3n) is 3.85. The Morgan fingerprint density at radius 2 is 2.04 bits per heavy atom. The van der Waals surface area contributed by atoms with Crippen LogP contribution in [0.15, 0.2) is 18.3 Å². The van der Waals surface area contributed by atoms with Gasteiger partial charge in [-0.05, 0) is 13.1 Å². The molecule has 2 rings (SSSR count). The molecule has 0 bridgehead atoms. The molecule has 1 aliphatic rings. The molecule has 9 heteroatoms. The highest BCUT2D eigenvalue weighted by Gasteiger charge is 2.28. The second-order valence-electron chi connectivity index (χ2n) is 5.83. The summed E-state index contributed by atoms with van der Waals surface area (Å²) in [4.78, 5) is 20.4. The lowest BCUT2D eigenvalue weighted by atomic mass is 10.2. The number of carbonyl (C=O) groups excluding carboxylic acids is 1. The summed E-state index contributed by atoms with van der Waals surface area (Å²) in [6, 6.07) is 2.91. The van der Waals surface area contributed by atoms with E-state index >= 15 is 0 Å². The van der Waals surface area contributed by atoms with Crippen LogP contribution in [0.3, 0.4) is 0 Å². The predicted octanol–water partition coefficient (Wildman–Crippen LogP) is 0.260. The minimum Gasteiger partial charge on any atom is -0.390 e. The molecule has 0 saturated carbocycles. The molecule has 1 aliphatic heterocycles. The molecule has 0 aromatic carbocycles. The molecule has 134 valence electrons. The molecule has 3 N–H and O–H groups in total. The average molecular weight is 343 g/mol. The summed E-state index contributed by atoms with van der Waals surface area (Å²) in [5.41, 5.74) is 0.825. The van der Waals surface area contributed by atoms with E-state index in [9.17, 15) is 13.6 Å². The second-order valence-corrected chi connectivity index (χ2v) is 5.83. The number of likely N-dealkylation sites (N-methyl/N-ethyl adjacent to an activating group) is 1. The summed E-state index contributed by atoms with van der Waals surface area (Å²) in [5, 5.41) is 13.1. The van der Waals surface area contributed by atoms with Crippen molar-refractivity contribution < 1.29 is 18.7 Å². The Kier molecular flexibility index (Phi) is 6.27. The highest BCUT2D eigenvalue weighted by atomic mass is 19.3. The van der Waals surface area contributed by atoms with E-state index < -0.39 is 25.1 Å². The van der Waals surface area contributed by atoms with Gasteiger partial charge in [0.15, 0.2) is 0 Å². The number of anilines is 1. The van der Waals surface area contributed by atoms with E-state index in [1.54, 1.807) is 12.3 Å². The van der Waals surface area contributed by atoms with Crippen molar-refractivity contribution in [3.8, 4) is 0 Å². The molecule has 0 atom stereocenters. The van der Waals surface area contributed by atoms with Crippen molar-refractivity contribution in [2.45, 2.75) is 12.5 Å². The third kappa shape index (κ3) is 5.27. The number of halogens is 2. The normalized spacial score (nSPS) is 16.1. The fourth-order valence-corrected chi connectivity index (χ4v) is 2.37. The van der Waals surface area contributed by atoms with Crippen LogP contribution in [0.4, 0.5) is 19.4 Å². The smallest absolute Gasteiger partial charge is 0.315 e. The Hall–Kier alpha value is -2.00. The fraction of sp³-hybridized carbons (Fsp3) is 0.600. The number of amides is 2. The summed E-state index contributed by atoms with van der Waals surface area (Å²) in [5.74, 6) is -2.53. The Labute approximate surface area is 139 Å². The lowest BCUT2D eigenvalue weighted by molar-refractivity contribution is -0.0454. The van der Waals surface area contributed by atoms with E-state index in [0.717, 1.165) is 37.6 Å². The topological polar surface area (TPSA) is 80.7 Å². The summed E-state index contributed by atoms with van der Waals surface area (Å²) < 4.78 is 25.8. The first-order valence-corrected chi connectivity index (χ1v) is 7.79. The highest BCUT2D eigenvalue weighted by Crippen LogP contribution is 2.18. The molecular weight excluding hydrogens is 320 g/mol. The van der Waals surface area contributed by atoms with Crippen molar-refractivity contribution in [1.29, 1.82) is 0 Å². The first-order chi connectivity index (χ1) is 11.4. The van der Waals surface area contributed by atoms with E-state index in [1.807, 2.05) is 11.4 Å². The zero-order chi connectivity index (χ0) is 17.6. The summed E-state index contributed by atoms with van der Waals surface area (Å²) in [6.07, 6.45) is 1.69. The van der Waals surface area contributed by atoms with Crippen molar-refractivity contribution in [2.24, 2.45) is 0 Å². The van der Waals surface area contributed by atoms with Crippen molar-refractivity contribution in [3.63, 3.8) is 0 Å². The summed E-state index contributed by atoms with van der Waals surface area (Å²) >= 11 is 0. The molecule has 2 heterocycles. The van der Waals surface area contributed by atoms with E-state index in [4.69, 9.17) is 5.11 Å². The number of aliphatic hydroxyl groups is 1. The molecule has 1 saturated heterocycles. The maximum absolute atomic E-state index is 12.9. The SMILES string of the molecule is CN1CCN(c2ncccc2CNC(=O)NCC(F)(F)CO)CC1. The number of piperazine rings is 1. The van der Waals surface area contributed by atoms with Gasteiger partial charge in [-0.25, -0.2) is 18.6 Å². The van der Waals surface area contributed by atoms with E-state index in [1.165, 1.54) is 0 Å². The number of urea groups is 1. The minimum atomic E-state index is -3.32. The number of carbonyl (C=O) groups is 1. The van der Waals surface area contributed by atoms with Crippen LogP contribution in [0.1, 0.15) is 5.56 Å². The van der Waals surface area contributed by atoms with Crippen LogP contribution in [-0.2, 0) is 6.54 Å². The van der Waals surface area contributed by atoms with Gasteiger partial charge in [-0.2, -0.15) is 0 Å². The molecule has 1 aromatic rings. The quantitative estimate of drug-likeness (QED) is 0.690. The third-order valence-corrected chi connectivity index (χ3v) is 3.85. The van der Waals surface area contributed by atoms with Crippen LogP contribution in [0.25, 0.3) is 0 Å². The monoisotopic (exact) mass is 343 g/mol. The van der Waals surface area contributed by atoms with Crippen LogP contribution in [0, 0.1) is 0 Å². The Balaban J connectivity index is 1.90. The van der Waals surface area contributed by atoms with Gasteiger partial charge in [0.25, 0.3) is 5.92 Å². The molecule has 0 unspecified atom stereocenters. The average Bonchev–Trinajstić information content (AvgIpc) is 2.59. The predicted molar refractivity (Wildman–Crippen MR) is 86.2 cm³/mol. The summed E-state index contributed by atoms with van der Waals surface area (Å²) in [6.45, 7) is 1.52. The number of aliphatic hydroxyl groups excluding tert-OH is 1. The highest BCUT2D eigenvalue weighted by molar-refractivity contribution is 5.74. The van der Waals surface area contributed by atoms with Gasteiger partial charge in [0.05, 0.1) is 6.54 Å². The van der Waals surface area contributed by atoms with Gasteiger partial charge >= 0.3 is 6.03 Å². The number of rotatable bonds is 6. The van der Waals surface area contributed by atoms with E-state index in [0.29, 0.717) is 0 Å². The van der Waals surface area contributed by atoms with Gasteiger partial charge in [0.1, 0.15) is 12.4 Å². The molecule has 0 radical (unpaired) electrons. The lowest BCUT2D eigenvalue weighted by Gasteiger charge is -2.34. The molecule has 0 spiro atoms. The molecule has 1 aromatic heterocycles. The molecule has 7 nitrogen and oxygen atoms in total. The number of alkyl halides is 2. The Morgan fingerprint density at radius 3 is 2.71 bits per heavy atom. The van der Waals surface area contributed by atoms with Gasteiger partial charge in [-0.3, -0.25) is 0 Å². The lowest BCUT2D eigenvalue weighted by Crippen LogP contribution is -2.46. The van der Waals surface area contributed by atoms with Gasteiger partial charge < -0.3 is 25.5 Å². The number of aromatic nitrogens is 1. The van der Waals surface area contributed by atoms with Crippen LogP contribution in [-0.4, -0.2) is 73.3 Å². The molecule has 1 fully saturated rings. The van der Waals surface area contributed by atoms with Crippen molar-refractivity contribution in [2.75, 3.05) is 51.3 Å². The zero-order valence-corrected chi connectivity index (χ0v) is 13.6. The maximum atomic E-state index is 12.9. The van der Waals surface area contributed by atoms with Gasteiger partial charge in [0.2, 0.25) is 0 Å². The van der Waals surface area contributed by atoms with E-state index in [-0.39, 0.29) is 6.54 Å². The molecule has 0 aliphatic carbocycles. The van der Waals surface area contributed by atoms with Crippen LogP contribution in [0.5, 0.6) is 0 Å². The fourth-order valence-electron chi connectivity index (χ4n) is 2.37. The second kappa shape index (κ2) is 8.20. The van der Waals surface area contributed by atoms with E-state index in [2.05, 4.69) is 27.1 Å². The molecule has 24 heavy (non-hydrogen) atoms. The number of pyridine rings is 1. The number of hydrogen-bond acceptors (Lipinski definition) is 5. The largest absolute Gasteiger partial charge is 0.390 e. The first-order valence-electron chi connectivity index (χ1n) is 7.79. The van der Waals surface area contributed by atoms with Gasteiger partial charge in [-0.1, -0.05) is 6.07 Å². The maximum Gasteiger partial charge on any atom is 0.315 e. The minimum absolute atomic E-state index is 0.187. The van der Waals surface area contributed by atoms with Crippen molar-refractivity contribution >= 4 is 11.8 Å². The first kappa shape index (κ1) is 18.3. The summed E-state index contributed by atoms with van der Waals surface area (Å²) in [7, 11) is 2.06. The van der Waals surface area contributed by atoms with Crippen molar-refractivity contribution in [1.82, 2.24) is 20.5 Å². The number of nitrogens with zero attached hydrogens (tertiary/aromatic N) is 3. The van der Waals surface area contributed by atoms with Gasteiger partial charge in [0, 0.05) is 44.5 Å². The number of nitrogens with one attached hydrogen (secondary N) is 2. The Morgan fingerprint density at radius 1 is 1.33 bits per heavy atom.